The maximum Gasteiger partial charge on any atom is 0.195 e. The first-order valence-electron chi connectivity index (χ1n) is 5.98. The fourth-order valence-electron chi connectivity index (χ4n) is 2.26. The Labute approximate surface area is 112 Å². The van der Waals surface area contributed by atoms with Gasteiger partial charge in [0.25, 0.3) is 0 Å². The smallest absolute Gasteiger partial charge is 0.195 e. The minimum Gasteiger partial charge on any atom is -0.353 e. The van der Waals surface area contributed by atoms with Crippen LogP contribution in [0.3, 0.4) is 0 Å². The van der Waals surface area contributed by atoms with E-state index in [1.807, 2.05) is 7.05 Å². The second-order valence-corrected chi connectivity index (χ2v) is 6.87. The number of aromatic nitrogens is 2. The third kappa shape index (κ3) is 2.06. The fourth-order valence-corrected chi connectivity index (χ4v) is 4.04. The Hall–Kier alpha value is -0.920. The molecule has 18 heavy (non-hydrogen) atoms. The van der Waals surface area contributed by atoms with Crippen LogP contribution in [0.25, 0.3) is 4.96 Å². The van der Waals surface area contributed by atoms with Crippen LogP contribution in [-0.4, -0.2) is 45.2 Å². The molecule has 2 aromatic rings. The summed E-state index contributed by atoms with van der Waals surface area (Å²) in [4.78, 5) is 8.00. The molecule has 3 rings (SSSR count). The van der Waals surface area contributed by atoms with E-state index in [0.717, 1.165) is 41.9 Å². The van der Waals surface area contributed by atoms with Crippen molar-refractivity contribution in [3.05, 3.63) is 17.3 Å². The first-order chi connectivity index (χ1) is 8.79. The normalized spacial score (nSPS) is 17.7. The van der Waals surface area contributed by atoms with Gasteiger partial charge >= 0.3 is 0 Å². The van der Waals surface area contributed by atoms with E-state index in [2.05, 4.69) is 26.2 Å². The van der Waals surface area contributed by atoms with Crippen LogP contribution in [0, 0.1) is 0 Å². The summed E-state index contributed by atoms with van der Waals surface area (Å²) in [6.45, 7) is 2.48. The largest absolute Gasteiger partial charge is 0.353 e. The minimum absolute atomic E-state index is 0.642. The van der Waals surface area contributed by atoms with Crippen molar-refractivity contribution < 1.29 is 4.21 Å². The van der Waals surface area contributed by atoms with Crippen LogP contribution >= 0.6 is 11.3 Å². The lowest BCUT2D eigenvalue weighted by Crippen LogP contribution is -2.38. The average molecular weight is 284 g/mol. The molecule has 0 unspecified atom stereocenters. The van der Waals surface area contributed by atoms with Gasteiger partial charge < -0.3 is 10.2 Å². The van der Waals surface area contributed by atoms with Gasteiger partial charge in [-0.05, 0) is 7.05 Å². The van der Waals surface area contributed by atoms with Crippen LogP contribution in [0.15, 0.2) is 11.6 Å². The molecule has 1 saturated heterocycles. The number of hydrogen-bond acceptors (Lipinski definition) is 5. The van der Waals surface area contributed by atoms with Gasteiger partial charge in [-0.15, -0.1) is 11.3 Å². The van der Waals surface area contributed by atoms with Crippen LogP contribution in [0.5, 0.6) is 0 Å². The molecular weight excluding hydrogens is 268 g/mol. The maximum absolute atomic E-state index is 11.4. The van der Waals surface area contributed by atoms with E-state index >= 15 is 0 Å². The zero-order valence-electron chi connectivity index (χ0n) is 10.3. The molecule has 2 aromatic heterocycles. The summed E-state index contributed by atoms with van der Waals surface area (Å²) in [5.41, 5.74) is 1.20. The van der Waals surface area contributed by atoms with Crippen LogP contribution in [-0.2, 0) is 17.3 Å². The maximum atomic E-state index is 11.4. The van der Waals surface area contributed by atoms with E-state index in [1.54, 1.807) is 11.3 Å². The summed E-state index contributed by atoms with van der Waals surface area (Å²) in [6, 6.07) is 0. The predicted molar refractivity (Wildman–Crippen MR) is 75.9 cm³/mol. The molecule has 0 saturated carbocycles. The van der Waals surface area contributed by atoms with Crippen molar-refractivity contribution in [2.75, 3.05) is 36.5 Å². The number of imidazole rings is 1. The highest BCUT2D eigenvalue weighted by Gasteiger charge is 2.22. The van der Waals surface area contributed by atoms with Crippen molar-refractivity contribution in [2.24, 2.45) is 0 Å². The minimum atomic E-state index is -0.642. The van der Waals surface area contributed by atoms with Crippen LogP contribution in [0.4, 0.5) is 5.82 Å². The molecule has 0 radical (unpaired) electrons. The second kappa shape index (κ2) is 4.99. The van der Waals surface area contributed by atoms with Gasteiger partial charge in [-0.25, -0.2) is 4.98 Å². The molecule has 1 aliphatic heterocycles. The molecule has 3 heterocycles. The van der Waals surface area contributed by atoms with Crippen LogP contribution in [0.2, 0.25) is 0 Å². The number of thiazole rings is 1. The molecule has 0 aliphatic carbocycles. The third-order valence-electron chi connectivity index (χ3n) is 3.16. The topological polar surface area (TPSA) is 49.6 Å². The molecule has 1 N–H and O–H groups in total. The molecule has 7 heteroatoms. The van der Waals surface area contributed by atoms with Crippen molar-refractivity contribution in [3.63, 3.8) is 0 Å². The quantitative estimate of drug-likeness (QED) is 0.901. The summed E-state index contributed by atoms with van der Waals surface area (Å²) < 4.78 is 13.6. The Morgan fingerprint density at radius 1 is 1.50 bits per heavy atom. The van der Waals surface area contributed by atoms with Gasteiger partial charge in [0.2, 0.25) is 0 Å². The van der Waals surface area contributed by atoms with E-state index in [1.165, 1.54) is 5.69 Å². The Kier molecular flexibility index (Phi) is 3.36. The van der Waals surface area contributed by atoms with Gasteiger partial charge in [-0.2, -0.15) is 0 Å². The highest BCUT2D eigenvalue weighted by molar-refractivity contribution is 7.85. The van der Waals surface area contributed by atoms with E-state index in [-0.39, 0.29) is 0 Å². The summed E-state index contributed by atoms with van der Waals surface area (Å²) in [5, 5.41) is 5.25. The summed E-state index contributed by atoms with van der Waals surface area (Å²) >= 11 is 1.65. The molecule has 5 nitrogen and oxygen atoms in total. The van der Waals surface area contributed by atoms with Gasteiger partial charge in [0.15, 0.2) is 10.8 Å². The van der Waals surface area contributed by atoms with E-state index in [4.69, 9.17) is 4.98 Å². The van der Waals surface area contributed by atoms with Crippen LogP contribution < -0.4 is 10.2 Å². The molecule has 0 amide bonds. The van der Waals surface area contributed by atoms with Gasteiger partial charge in [0, 0.05) is 53.5 Å². The molecule has 0 bridgehead atoms. The standard InChI is InChI=1S/C11H16N4OS2/c1-12-8-9-10(13-11-15(9)2-5-17-11)14-3-6-18(16)7-4-14/h2,5,12H,3-4,6-8H2,1H3. The fraction of sp³-hybridized carbons (Fsp3) is 0.545. The molecule has 0 atom stereocenters. The van der Waals surface area contributed by atoms with E-state index in [0.29, 0.717) is 0 Å². The number of hydrogen-bond donors (Lipinski definition) is 1. The Morgan fingerprint density at radius 3 is 3.00 bits per heavy atom. The molecule has 1 fully saturated rings. The van der Waals surface area contributed by atoms with Gasteiger partial charge in [0.05, 0.1) is 5.69 Å². The second-order valence-electron chi connectivity index (χ2n) is 4.30. The number of fused-ring (bicyclic) bond motifs is 1. The lowest BCUT2D eigenvalue weighted by atomic mass is 10.3. The average Bonchev–Trinajstić information content (AvgIpc) is 2.93. The van der Waals surface area contributed by atoms with Crippen molar-refractivity contribution >= 4 is 32.9 Å². The lowest BCUT2D eigenvalue weighted by molar-refractivity contribution is 0.671. The SMILES string of the molecule is CNCc1c(N2CCS(=O)CC2)nc2sccn12. The molecule has 1 aliphatic rings. The highest BCUT2D eigenvalue weighted by atomic mass is 32.2. The zero-order chi connectivity index (χ0) is 12.5. The lowest BCUT2D eigenvalue weighted by Gasteiger charge is -2.27. The van der Waals surface area contributed by atoms with Gasteiger partial charge in [0.1, 0.15) is 0 Å². The number of nitrogens with zero attached hydrogens (tertiary/aromatic N) is 3. The monoisotopic (exact) mass is 284 g/mol. The Morgan fingerprint density at radius 2 is 2.28 bits per heavy atom. The van der Waals surface area contributed by atoms with E-state index in [9.17, 15) is 4.21 Å². The number of nitrogens with one attached hydrogen (secondary N) is 1. The van der Waals surface area contributed by atoms with Crippen molar-refractivity contribution in [2.45, 2.75) is 6.54 Å². The van der Waals surface area contributed by atoms with Gasteiger partial charge in [-0.1, -0.05) is 0 Å². The predicted octanol–water partition coefficient (Wildman–Crippen LogP) is 0.684. The van der Waals surface area contributed by atoms with Gasteiger partial charge in [-0.3, -0.25) is 8.61 Å². The Bertz CT molecular complexity index is 567. The summed E-state index contributed by atoms with van der Waals surface area (Å²) in [6.07, 6.45) is 2.06. The number of anilines is 1. The molecule has 98 valence electrons. The molecule has 0 spiro atoms. The van der Waals surface area contributed by atoms with Crippen molar-refractivity contribution in [1.29, 1.82) is 0 Å². The summed E-state index contributed by atoms with van der Waals surface area (Å²) in [7, 11) is 1.30. The summed E-state index contributed by atoms with van der Waals surface area (Å²) in [5.74, 6) is 2.56. The van der Waals surface area contributed by atoms with Crippen molar-refractivity contribution in [3.8, 4) is 0 Å². The first-order valence-corrected chi connectivity index (χ1v) is 8.35. The van der Waals surface area contributed by atoms with Crippen molar-refractivity contribution in [1.82, 2.24) is 14.7 Å². The molecule has 0 aromatic carbocycles. The molecular formula is C11H16N4OS2. The van der Waals surface area contributed by atoms with Crippen LogP contribution in [0.1, 0.15) is 5.69 Å². The third-order valence-corrected chi connectivity index (χ3v) is 5.19. The highest BCUT2D eigenvalue weighted by Crippen LogP contribution is 2.25. The van der Waals surface area contributed by atoms with E-state index < -0.39 is 10.8 Å². The first kappa shape index (κ1) is 12.1. The zero-order valence-corrected chi connectivity index (χ0v) is 11.9. The Balaban J connectivity index is 1.97. The number of rotatable bonds is 3.